The average molecular weight is 534 g/mol. The Hall–Kier alpha value is -4.62. The Labute approximate surface area is 246 Å². The molecule has 1 heteroatoms. The van der Waals surface area contributed by atoms with Crippen molar-refractivity contribution in [1.82, 2.24) is 0 Å². The van der Waals surface area contributed by atoms with E-state index < -0.39 is 0 Å². The van der Waals surface area contributed by atoms with Crippen LogP contribution in [0.25, 0.3) is 24.3 Å². The summed E-state index contributed by atoms with van der Waals surface area (Å²) in [5.41, 5.74) is 16.2. The Balaban J connectivity index is 1.45. The third-order valence-corrected chi connectivity index (χ3v) is 8.10. The molecular weight excluding hydrogens is 494 g/mol. The molecule has 0 saturated heterocycles. The van der Waals surface area contributed by atoms with Gasteiger partial charge in [-0.25, -0.2) is 0 Å². The van der Waals surface area contributed by atoms with Crippen LogP contribution in [0.2, 0.25) is 0 Å². The Morgan fingerprint density at radius 2 is 0.902 bits per heavy atom. The van der Waals surface area contributed by atoms with Crippen LogP contribution in [-0.4, -0.2) is 0 Å². The number of rotatable bonds is 7. The highest BCUT2D eigenvalue weighted by Gasteiger charge is 2.14. The van der Waals surface area contributed by atoms with Crippen LogP contribution in [-0.2, 0) is 0 Å². The second-order valence-corrected chi connectivity index (χ2v) is 11.1. The fourth-order valence-corrected chi connectivity index (χ4v) is 5.23. The molecule has 41 heavy (non-hydrogen) atoms. The second-order valence-electron chi connectivity index (χ2n) is 11.1. The van der Waals surface area contributed by atoms with Crippen molar-refractivity contribution in [3.63, 3.8) is 0 Å². The fraction of sp³-hybridized carbons (Fsp3) is 0.150. The zero-order valence-electron chi connectivity index (χ0n) is 25.1. The summed E-state index contributed by atoms with van der Waals surface area (Å²) in [5, 5.41) is 0. The van der Waals surface area contributed by atoms with Crippen molar-refractivity contribution >= 4 is 41.4 Å². The van der Waals surface area contributed by atoms with Crippen molar-refractivity contribution in [3.8, 4) is 0 Å². The lowest BCUT2D eigenvalue weighted by atomic mass is 10.0. The van der Waals surface area contributed by atoms with Gasteiger partial charge >= 0.3 is 0 Å². The molecule has 0 radical (unpaired) electrons. The van der Waals surface area contributed by atoms with E-state index in [4.69, 9.17) is 0 Å². The standard InChI is InChI=1S/C40H39N/c1-28-13-26-40(31(4)27-28)41(38-22-16-34(17-23-38)14-20-36-11-7-9-29(2)32(36)5)39-24-18-35(19-25-39)15-21-37-12-8-10-30(3)33(37)6/h7-27H,1-6H3/b20-14-,21-15+. The SMILES string of the molecule is Cc1ccc(N(c2ccc(/C=C\c3cccc(C)c3C)cc2)c2ccc(/C=C/c3cccc(C)c3C)cc2)c(C)c1. The summed E-state index contributed by atoms with van der Waals surface area (Å²) in [5.74, 6) is 0. The van der Waals surface area contributed by atoms with E-state index in [9.17, 15) is 0 Å². The van der Waals surface area contributed by atoms with Crippen LogP contribution in [0.3, 0.4) is 0 Å². The predicted octanol–water partition coefficient (Wildman–Crippen LogP) is 11.3. The third kappa shape index (κ3) is 6.42. The maximum absolute atomic E-state index is 2.35. The molecular formula is C40H39N. The Bertz CT molecular complexity index is 1610. The quantitative estimate of drug-likeness (QED) is 0.188. The number of hydrogen-bond acceptors (Lipinski definition) is 1. The van der Waals surface area contributed by atoms with E-state index in [2.05, 4.69) is 174 Å². The van der Waals surface area contributed by atoms with Crippen LogP contribution in [0, 0.1) is 41.5 Å². The smallest absolute Gasteiger partial charge is 0.0490 e. The van der Waals surface area contributed by atoms with Crippen LogP contribution in [0.15, 0.2) is 103 Å². The fourth-order valence-electron chi connectivity index (χ4n) is 5.23. The molecule has 0 aliphatic carbocycles. The molecule has 5 aromatic carbocycles. The van der Waals surface area contributed by atoms with Crippen LogP contribution in [0.1, 0.15) is 55.6 Å². The van der Waals surface area contributed by atoms with E-state index in [-0.39, 0.29) is 0 Å². The van der Waals surface area contributed by atoms with Crippen LogP contribution >= 0.6 is 0 Å². The van der Waals surface area contributed by atoms with E-state index in [0.29, 0.717) is 0 Å². The summed E-state index contributed by atoms with van der Waals surface area (Å²) in [6, 6.07) is 37.3. The summed E-state index contributed by atoms with van der Waals surface area (Å²) in [6.45, 7) is 13.0. The molecule has 0 aliphatic rings. The zero-order chi connectivity index (χ0) is 28.9. The molecule has 1 nitrogen and oxygen atoms in total. The first-order chi connectivity index (χ1) is 19.8. The minimum atomic E-state index is 1.14. The Morgan fingerprint density at radius 3 is 1.34 bits per heavy atom. The zero-order valence-corrected chi connectivity index (χ0v) is 25.1. The van der Waals surface area contributed by atoms with Crippen LogP contribution in [0.4, 0.5) is 17.1 Å². The highest BCUT2D eigenvalue weighted by atomic mass is 15.1. The van der Waals surface area contributed by atoms with Crippen molar-refractivity contribution in [2.24, 2.45) is 0 Å². The van der Waals surface area contributed by atoms with Gasteiger partial charge < -0.3 is 4.90 Å². The summed E-state index contributed by atoms with van der Waals surface area (Å²) in [6.07, 6.45) is 8.82. The molecule has 5 aromatic rings. The predicted molar refractivity (Wildman–Crippen MR) is 180 cm³/mol. The maximum atomic E-state index is 2.35. The van der Waals surface area contributed by atoms with E-state index in [1.54, 1.807) is 0 Å². The second kappa shape index (κ2) is 12.3. The molecule has 0 saturated carbocycles. The van der Waals surface area contributed by atoms with E-state index >= 15 is 0 Å². The van der Waals surface area contributed by atoms with Crippen molar-refractivity contribution < 1.29 is 0 Å². The van der Waals surface area contributed by atoms with E-state index in [1.807, 2.05) is 0 Å². The molecule has 0 aliphatic heterocycles. The van der Waals surface area contributed by atoms with Crippen molar-refractivity contribution in [2.45, 2.75) is 41.5 Å². The molecule has 0 spiro atoms. The number of hydrogen-bond donors (Lipinski definition) is 0. The Morgan fingerprint density at radius 1 is 0.439 bits per heavy atom. The minimum absolute atomic E-state index is 1.14. The molecule has 0 fully saturated rings. The van der Waals surface area contributed by atoms with Crippen LogP contribution < -0.4 is 4.90 Å². The van der Waals surface area contributed by atoms with E-state index in [0.717, 1.165) is 11.4 Å². The third-order valence-electron chi connectivity index (χ3n) is 8.10. The lowest BCUT2D eigenvalue weighted by Crippen LogP contribution is -2.11. The van der Waals surface area contributed by atoms with Gasteiger partial charge in [-0.05, 0) is 122 Å². The molecule has 0 aromatic heterocycles. The minimum Gasteiger partial charge on any atom is -0.310 e. The van der Waals surface area contributed by atoms with Gasteiger partial charge in [-0.2, -0.15) is 0 Å². The number of aryl methyl sites for hydroxylation is 4. The first-order valence-electron chi connectivity index (χ1n) is 14.4. The van der Waals surface area contributed by atoms with Crippen molar-refractivity contribution in [1.29, 1.82) is 0 Å². The summed E-state index contributed by atoms with van der Waals surface area (Å²) in [4.78, 5) is 2.35. The molecule has 0 heterocycles. The van der Waals surface area contributed by atoms with Crippen molar-refractivity contribution in [2.75, 3.05) is 4.90 Å². The van der Waals surface area contributed by atoms with Crippen LogP contribution in [0.5, 0.6) is 0 Å². The largest absolute Gasteiger partial charge is 0.310 e. The highest BCUT2D eigenvalue weighted by molar-refractivity contribution is 5.81. The first kappa shape index (κ1) is 27.9. The number of anilines is 3. The highest BCUT2D eigenvalue weighted by Crippen LogP contribution is 2.37. The van der Waals surface area contributed by atoms with Gasteiger partial charge in [0, 0.05) is 17.1 Å². The van der Waals surface area contributed by atoms with Gasteiger partial charge in [0.25, 0.3) is 0 Å². The lowest BCUT2D eigenvalue weighted by Gasteiger charge is -2.27. The molecule has 0 bridgehead atoms. The molecule has 0 amide bonds. The van der Waals surface area contributed by atoms with Gasteiger partial charge in [-0.15, -0.1) is 0 Å². The van der Waals surface area contributed by atoms with Gasteiger partial charge in [0.2, 0.25) is 0 Å². The van der Waals surface area contributed by atoms with Gasteiger partial charge in [-0.3, -0.25) is 0 Å². The number of benzene rings is 5. The average Bonchev–Trinajstić information content (AvgIpc) is 2.97. The van der Waals surface area contributed by atoms with Gasteiger partial charge in [0.15, 0.2) is 0 Å². The molecule has 204 valence electrons. The van der Waals surface area contributed by atoms with Gasteiger partial charge in [0.1, 0.15) is 0 Å². The molecule has 0 N–H and O–H groups in total. The summed E-state index contributed by atoms with van der Waals surface area (Å²) < 4.78 is 0. The van der Waals surface area contributed by atoms with Gasteiger partial charge in [-0.1, -0.05) is 103 Å². The summed E-state index contributed by atoms with van der Waals surface area (Å²) in [7, 11) is 0. The monoisotopic (exact) mass is 533 g/mol. The Kier molecular flexibility index (Phi) is 8.36. The molecule has 0 unspecified atom stereocenters. The number of nitrogens with zero attached hydrogens (tertiary/aromatic N) is 1. The summed E-state index contributed by atoms with van der Waals surface area (Å²) >= 11 is 0. The first-order valence-corrected chi connectivity index (χ1v) is 14.4. The molecule has 0 atom stereocenters. The normalized spacial score (nSPS) is 11.5. The topological polar surface area (TPSA) is 3.24 Å². The van der Waals surface area contributed by atoms with E-state index in [1.165, 1.54) is 61.3 Å². The van der Waals surface area contributed by atoms with Gasteiger partial charge in [0.05, 0.1) is 0 Å². The maximum Gasteiger partial charge on any atom is 0.0490 e. The van der Waals surface area contributed by atoms with Crippen molar-refractivity contribution in [3.05, 3.63) is 159 Å². The molecule has 5 rings (SSSR count). The lowest BCUT2D eigenvalue weighted by molar-refractivity contribution is 1.24.